The van der Waals surface area contributed by atoms with E-state index in [1.165, 1.54) is 11.8 Å². The first-order valence-corrected chi connectivity index (χ1v) is 11.8. The van der Waals surface area contributed by atoms with E-state index >= 15 is 0 Å². The predicted octanol–water partition coefficient (Wildman–Crippen LogP) is 5.37. The number of hydrogen-bond donors (Lipinski definition) is 2. The SMILES string of the molecule is C[C@H](NC(=O)CSc1nnc(-c2cc(Br)ccc2O)n1-c1ccccc1)c1ccccc1. The summed E-state index contributed by atoms with van der Waals surface area (Å²) in [6.45, 7) is 1.96. The molecule has 4 rings (SSSR count). The van der Waals surface area contributed by atoms with Gasteiger partial charge in [0.1, 0.15) is 5.75 Å². The molecule has 0 saturated carbocycles. The van der Waals surface area contributed by atoms with E-state index in [2.05, 4.69) is 31.4 Å². The number of benzene rings is 3. The molecule has 0 radical (unpaired) electrons. The highest BCUT2D eigenvalue weighted by molar-refractivity contribution is 9.10. The van der Waals surface area contributed by atoms with Gasteiger partial charge in [-0.25, -0.2) is 0 Å². The molecule has 162 valence electrons. The number of carbonyl (C=O) groups is 1. The zero-order valence-electron chi connectivity index (χ0n) is 17.3. The number of para-hydroxylation sites is 1. The Kier molecular flexibility index (Phi) is 6.92. The molecular formula is C24H21BrN4O2S. The van der Waals surface area contributed by atoms with E-state index in [0.29, 0.717) is 16.5 Å². The van der Waals surface area contributed by atoms with Gasteiger partial charge in [0.05, 0.1) is 17.4 Å². The van der Waals surface area contributed by atoms with Crippen LogP contribution < -0.4 is 5.32 Å². The van der Waals surface area contributed by atoms with Gasteiger partial charge in [0.25, 0.3) is 0 Å². The van der Waals surface area contributed by atoms with Crippen molar-refractivity contribution in [2.75, 3.05) is 5.75 Å². The number of halogens is 1. The van der Waals surface area contributed by atoms with Gasteiger partial charge < -0.3 is 10.4 Å². The smallest absolute Gasteiger partial charge is 0.230 e. The molecule has 0 aliphatic heterocycles. The second-order valence-corrected chi connectivity index (χ2v) is 8.99. The Labute approximate surface area is 198 Å². The van der Waals surface area contributed by atoms with Crippen molar-refractivity contribution in [3.8, 4) is 22.8 Å². The third-order valence-electron chi connectivity index (χ3n) is 4.86. The second-order valence-electron chi connectivity index (χ2n) is 7.13. The lowest BCUT2D eigenvalue weighted by molar-refractivity contribution is -0.119. The molecule has 0 aliphatic carbocycles. The lowest BCUT2D eigenvalue weighted by Gasteiger charge is -2.14. The molecule has 8 heteroatoms. The van der Waals surface area contributed by atoms with Gasteiger partial charge in [0.15, 0.2) is 11.0 Å². The molecular weight excluding hydrogens is 488 g/mol. The van der Waals surface area contributed by atoms with Crippen LogP contribution in [0, 0.1) is 0 Å². The third-order valence-corrected chi connectivity index (χ3v) is 6.28. The van der Waals surface area contributed by atoms with Crippen LogP contribution >= 0.6 is 27.7 Å². The minimum absolute atomic E-state index is 0.0922. The van der Waals surface area contributed by atoms with Crippen molar-refractivity contribution in [3.05, 3.63) is 88.9 Å². The van der Waals surface area contributed by atoms with Crippen LogP contribution in [-0.2, 0) is 4.79 Å². The molecule has 0 fully saturated rings. The number of amides is 1. The third kappa shape index (κ3) is 5.03. The van der Waals surface area contributed by atoms with E-state index in [1.807, 2.05) is 72.2 Å². The van der Waals surface area contributed by atoms with Crippen molar-refractivity contribution in [1.29, 1.82) is 0 Å². The maximum atomic E-state index is 12.6. The lowest BCUT2D eigenvalue weighted by atomic mass is 10.1. The Morgan fingerprint density at radius 3 is 2.47 bits per heavy atom. The Morgan fingerprint density at radius 2 is 1.75 bits per heavy atom. The van der Waals surface area contributed by atoms with Gasteiger partial charge in [-0.1, -0.05) is 76.2 Å². The first-order chi connectivity index (χ1) is 15.5. The average Bonchev–Trinajstić information content (AvgIpc) is 3.24. The number of aromatic nitrogens is 3. The molecule has 0 bridgehead atoms. The molecule has 4 aromatic rings. The van der Waals surface area contributed by atoms with Crippen molar-refractivity contribution in [2.24, 2.45) is 0 Å². The Morgan fingerprint density at radius 1 is 1.06 bits per heavy atom. The molecule has 1 atom stereocenters. The minimum Gasteiger partial charge on any atom is -0.507 e. The van der Waals surface area contributed by atoms with Crippen molar-refractivity contribution in [3.63, 3.8) is 0 Å². The summed E-state index contributed by atoms with van der Waals surface area (Å²) in [6, 6.07) is 24.5. The minimum atomic E-state index is -0.0965. The Bertz CT molecular complexity index is 1220. The van der Waals surface area contributed by atoms with E-state index < -0.39 is 0 Å². The number of phenolic OH excluding ortho intramolecular Hbond substituents is 1. The monoisotopic (exact) mass is 508 g/mol. The van der Waals surface area contributed by atoms with E-state index in [0.717, 1.165) is 15.7 Å². The van der Waals surface area contributed by atoms with Crippen molar-refractivity contribution >= 4 is 33.6 Å². The van der Waals surface area contributed by atoms with Gasteiger partial charge in [0, 0.05) is 10.2 Å². The fourth-order valence-corrected chi connectivity index (χ4v) is 4.40. The van der Waals surface area contributed by atoms with Gasteiger partial charge in [-0.05, 0) is 42.8 Å². The predicted molar refractivity (Wildman–Crippen MR) is 130 cm³/mol. The highest BCUT2D eigenvalue weighted by Gasteiger charge is 2.20. The van der Waals surface area contributed by atoms with Gasteiger partial charge in [-0.3, -0.25) is 9.36 Å². The molecule has 6 nitrogen and oxygen atoms in total. The zero-order valence-corrected chi connectivity index (χ0v) is 19.7. The molecule has 1 heterocycles. The fraction of sp³-hybridized carbons (Fsp3) is 0.125. The lowest BCUT2D eigenvalue weighted by Crippen LogP contribution is -2.28. The quantitative estimate of drug-likeness (QED) is 0.328. The molecule has 0 spiro atoms. The van der Waals surface area contributed by atoms with Crippen molar-refractivity contribution in [2.45, 2.75) is 18.1 Å². The van der Waals surface area contributed by atoms with E-state index in [-0.39, 0.29) is 23.5 Å². The number of carbonyl (C=O) groups excluding carboxylic acids is 1. The van der Waals surface area contributed by atoms with E-state index in [4.69, 9.17) is 0 Å². The normalized spacial score (nSPS) is 11.8. The maximum absolute atomic E-state index is 12.6. The molecule has 0 unspecified atom stereocenters. The number of aromatic hydroxyl groups is 1. The van der Waals surface area contributed by atoms with Crippen LogP contribution in [0.1, 0.15) is 18.5 Å². The summed E-state index contributed by atoms with van der Waals surface area (Å²) in [4.78, 5) is 12.6. The highest BCUT2D eigenvalue weighted by Crippen LogP contribution is 2.34. The first-order valence-electron chi connectivity index (χ1n) is 10.00. The number of phenols is 1. The molecule has 0 aliphatic rings. The van der Waals surface area contributed by atoms with Crippen molar-refractivity contribution in [1.82, 2.24) is 20.1 Å². The summed E-state index contributed by atoms with van der Waals surface area (Å²) < 4.78 is 2.66. The topological polar surface area (TPSA) is 80.0 Å². The molecule has 2 N–H and O–H groups in total. The van der Waals surface area contributed by atoms with Crippen molar-refractivity contribution < 1.29 is 9.90 Å². The number of nitrogens with zero attached hydrogens (tertiary/aromatic N) is 3. The Balaban J connectivity index is 1.58. The summed E-state index contributed by atoms with van der Waals surface area (Å²) in [5.41, 5.74) is 2.43. The summed E-state index contributed by atoms with van der Waals surface area (Å²) in [7, 11) is 0. The summed E-state index contributed by atoms with van der Waals surface area (Å²) in [5, 5.41) is 22.7. The van der Waals surface area contributed by atoms with Crippen LogP contribution in [0.4, 0.5) is 0 Å². The summed E-state index contributed by atoms with van der Waals surface area (Å²) in [6.07, 6.45) is 0. The van der Waals surface area contributed by atoms with Crippen LogP contribution in [0.25, 0.3) is 17.1 Å². The summed E-state index contributed by atoms with van der Waals surface area (Å²) in [5.74, 6) is 0.687. The Hall–Kier alpha value is -3.10. The van der Waals surface area contributed by atoms with Gasteiger partial charge in [0.2, 0.25) is 5.91 Å². The number of nitrogens with one attached hydrogen (secondary N) is 1. The van der Waals surface area contributed by atoms with Crippen LogP contribution in [-0.4, -0.2) is 31.5 Å². The second kappa shape index (κ2) is 10.0. The molecule has 0 saturated heterocycles. The average molecular weight is 509 g/mol. The first kappa shape index (κ1) is 22.1. The highest BCUT2D eigenvalue weighted by atomic mass is 79.9. The van der Waals surface area contributed by atoms with Crippen LogP contribution in [0.5, 0.6) is 5.75 Å². The van der Waals surface area contributed by atoms with Crippen LogP contribution in [0.2, 0.25) is 0 Å². The van der Waals surface area contributed by atoms with Gasteiger partial charge in [-0.2, -0.15) is 0 Å². The largest absolute Gasteiger partial charge is 0.507 e. The molecule has 32 heavy (non-hydrogen) atoms. The van der Waals surface area contributed by atoms with Gasteiger partial charge >= 0.3 is 0 Å². The molecule has 1 aromatic heterocycles. The number of hydrogen-bond acceptors (Lipinski definition) is 5. The van der Waals surface area contributed by atoms with E-state index in [1.54, 1.807) is 18.2 Å². The molecule has 1 amide bonds. The number of rotatable bonds is 7. The fourth-order valence-electron chi connectivity index (χ4n) is 3.27. The van der Waals surface area contributed by atoms with Crippen LogP contribution in [0.15, 0.2) is 88.5 Å². The molecule has 3 aromatic carbocycles. The maximum Gasteiger partial charge on any atom is 0.230 e. The standard InChI is InChI=1S/C24H21BrN4O2S/c1-16(17-8-4-2-5-9-17)26-22(31)15-32-24-28-27-23(20-14-18(25)12-13-21(20)30)29(24)19-10-6-3-7-11-19/h2-14,16,30H,15H2,1H3,(H,26,31)/t16-/m0/s1. The van der Waals surface area contributed by atoms with Crippen LogP contribution in [0.3, 0.4) is 0 Å². The van der Waals surface area contributed by atoms with Gasteiger partial charge in [-0.15, -0.1) is 10.2 Å². The zero-order chi connectivity index (χ0) is 22.5. The van der Waals surface area contributed by atoms with E-state index in [9.17, 15) is 9.90 Å². The summed E-state index contributed by atoms with van der Waals surface area (Å²) >= 11 is 4.74. The number of thioether (sulfide) groups is 1.